The van der Waals surface area contributed by atoms with E-state index < -0.39 is 23.9 Å². The summed E-state index contributed by atoms with van der Waals surface area (Å²) in [6, 6.07) is 6.00. The molecule has 1 aromatic heterocycles. The van der Waals surface area contributed by atoms with Crippen molar-refractivity contribution in [2.24, 2.45) is 0 Å². The molecule has 3 N–H and O–H groups in total. The van der Waals surface area contributed by atoms with E-state index in [1.807, 2.05) is 0 Å². The molecule has 0 unspecified atom stereocenters. The highest BCUT2D eigenvalue weighted by molar-refractivity contribution is 5.89. The summed E-state index contributed by atoms with van der Waals surface area (Å²) in [5, 5.41) is 17.1. The van der Waals surface area contributed by atoms with Crippen LogP contribution in [0.4, 0.5) is 23.7 Å². The van der Waals surface area contributed by atoms with E-state index in [9.17, 15) is 22.8 Å². The van der Waals surface area contributed by atoms with E-state index in [2.05, 4.69) is 15.7 Å². The normalized spacial score (nSPS) is 11.2. The first kappa shape index (κ1) is 18.3. The number of benzene rings is 1. The highest BCUT2D eigenvalue weighted by Gasteiger charge is 2.35. The molecule has 0 spiro atoms. The molecule has 25 heavy (non-hydrogen) atoms. The Morgan fingerprint density at radius 2 is 1.84 bits per heavy atom. The number of carboxylic acids is 1. The number of urea groups is 1. The minimum atomic E-state index is -4.52. The summed E-state index contributed by atoms with van der Waals surface area (Å²) in [5.74, 6) is -0.949. The SMILES string of the molecule is O=C(O)CCCNC(=O)Nc1ccc(-n2nccc2C(F)(F)F)cc1. The van der Waals surface area contributed by atoms with Crippen LogP contribution in [0, 0.1) is 0 Å². The van der Waals surface area contributed by atoms with E-state index >= 15 is 0 Å². The maximum absolute atomic E-state index is 12.9. The molecular weight excluding hydrogens is 341 g/mol. The lowest BCUT2D eigenvalue weighted by molar-refractivity contribution is -0.142. The van der Waals surface area contributed by atoms with Gasteiger partial charge in [0.15, 0.2) is 0 Å². The number of rotatable bonds is 6. The van der Waals surface area contributed by atoms with Gasteiger partial charge >= 0.3 is 18.2 Å². The van der Waals surface area contributed by atoms with Gasteiger partial charge in [-0.25, -0.2) is 9.48 Å². The molecule has 0 saturated carbocycles. The third kappa shape index (κ3) is 5.23. The fourth-order valence-electron chi connectivity index (χ4n) is 2.03. The second kappa shape index (κ2) is 7.69. The van der Waals surface area contributed by atoms with Crippen LogP contribution in [-0.4, -0.2) is 33.4 Å². The van der Waals surface area contributed by atoms with Crippen molar-refractivity contribution in [3.05, 3.63) is 42.2 Å². The number of aromatic nitrogens is 2. The van der Waals surface area contributed by atoms with Gasteiger partial charge in [0.2, 0.25) is 0 Å². The Morgan fingerprint density at radius 3 is 2.44 bits per heavy atom. The van der Waals surface area contributed by atoms with Gasteiger partial charge in [0.25, 0.3) is 0 Å². The zero-order valence-corrected chi connectivity index (χ0v) is 12.9. The number of anilines is 1. The first-order valence-corrected chi connectivity index (χ1v) is 7.25. The molecule has 10 heteroatoms. The van der Waals surface area contributed by atoms with Gasteiger partial charge in [-0.05, 0) is 36.8 Å². The van der Waals surface area contributed by atoms with E-state index in [4.69, 9.17) is 5.11 Å². The van der Waals surface area contributed by atoms with Gasteiger partial charge in [0, 0.05) is 18.7 Å². The number of hydrogen-bond donors (Lipinski definition) is 3. The molecule has 134 valence electrons. The van der Waals surface area contributed by atoms with Gasteiger partial charge in [-0.1, -0.05) is 0 Å². The minimum absolute atomic E-state index is 0.0552. The lowest BCUT2D eigenvalue weighted by atomic mass is 10.2. The number of nitrogens with zero attached hydrogens (tertiary/aromatic N) is 2. The van der Waals surface area contributed by atoms with Crippen molar-refractivity contribution in [1.82, 2.24) is 15.1 Å². The maximum atomic E-state index is 12.9. The first-order chi connectivity index (χ1) is 11.8. The van der Waals surface area contributed by atoms with Crippen LogP contribution in [0.1, 0.15) is 18.5 Å². The van der Waals surface area contributed by atoms with Crippen LogP contribution in [0.3, 0.4) is 0 Å². The lowest BCUT2D eigenvalue weighted by Gasteiger charge is -2.11. The Balaban J connectivity index is 1.95. The first-order valence-electron chi connectivity index (χ1n) is 7.25. The quantitative estimate of drug-likeness (QED) is 0.694. The molecule has 0 aliphatic carbocycles. The summed E-state index contributed by atoms with van der Waals surface area (Å²) in [6.07, 6.45) is -3.23. The summed E-state index contributed by atoms with van der Waals surface area (Å²) in [7, 11) is 0. The highest BCUT2D eigenvalue weighted by atomic mass is 19.4. The summed E-state index contributed by atoms with van der Waals surface area (Å²) in [4.78, 5) is 22.0. The zero-order chi connectivity index (χ0) is 18.4. The molecule has 2 rings (SSSR count). The summed E-state index contributed by atoms with van der Waals surface area (Å²) >= 11 is 0. The Kier molecular flexibility index (Phi) is 5.63. The van der Waals surface area contributed by atoms with Gasteiger partial charge in [0.05, 0.1) is 11.9 Å². The molecule has 0 bridgehead atoms. The van der Waals surface area contributed by atoms with Crippen molar-refractivity contribution >= 4 is 17.7 Å². The summed E-state index contributed by atoms with van der Waals surface area (Å²) in [5.41, 5.74) is -0.325. The van der Waals surface area contributed by atoms with Crippen molar-refractivity contribution in [2.45, 2.75) is 19.0 Å². The Labute approximate surface area is 140 Å². The molecule has 0 radical (unpaired) electrons. The molecule has 2 aromatic rings. The lowest BCUT2D eigenvalue weighted by Crippen LogP contribution is -2.29. The summed E-state index contributed by atoms with van der Waals surface area (Å²) < 4.78 is 39.3. The second-order valence-electron chi connectivity index (χ2n) is 5.05. The van der Waals surface area contributed by atoms with Crippen molar-refractivity contribution < 1.29 is 27.9 Å². The molecule has 2 amide bonds. The highest BCUT2D eigenvalue weighted by Crippen LogP contribution is 2.30. The number of carboxylic acid groups (broad SMARTS) is 1. The standard InChI is InChI=1S/C15H15F3N4O3/c16-15(17,18)12-7-9-20-22(12)11-5-3-10(4-6-11)21-14(25)19-8-1-2-13(23)24/h3-7,9H,1-2,8H2,(H,23,24)(H2,19,21,25). The van der Waals surface area contributed by atoms with Crippen LogP contribution in [0.15, 0.2) is 36.5 Å². The van der Waals surface area contributed by atoms with Gasteiger partial charge in [0.1, 0.15) is 5.69 Å². The molecule has 0 atom stereocenters. The predicted octanol–water partition coefficient (Wildman–Crippen LogP) is 2.88. The molecule has 7 nitrogen and oxygen atoms in total. The number of hydrogen-bond acceptors (Lipinski definition) is 3. The summed E-state index contributed by atoms with van der Waals surface area (Å²) in [6.45, 7) is 0.193. The van der Waals surface area contributed by atoms with E-state index in [0.29, 0.717) is 12.1 Å². The van der Waals surface area contributed by atoms with Crippen molar-refractivity contribution in [1.29, 1.82) is 0 Å². The van der Waals surface area contributed by atoms with Gasteiger partial charge in [-0.2, -0.15) is 18.3 Å². The van der Waals surface area contributed by atoms with Crippen molar-refractivity contribution in [3.8, 4) is 5.69 Å². The average Bonchev–Trinajstić information content (AvgIpc) is 3.02. The molecule has 0 fully saturated rings. The minimum Gasteiger partial charge on any atom is -0.481 e. The number of halogens is 3. The molecule has 0 aliphatic rings. The number of carbonyl (C=O) groups is 2. The molecule has 1 aromatic carbocycles. The molecular formula is C15H15F3N4O3. The van der Waals surface area contributed by atoms with Crippen LogP contribution in [0.5, 0.6) is 0 Å². The average molecular weight is 356 g/mol. The van der Waals surface area contributed by atoms with E-state index in [1.54, 1.807) is 0 Å². The largest absolute Gasteiger partial charge is 0.481 e. The number of nitrogens with one attached hydrogen (secondary N) is 2. The molecule has 1 heterocycles. The number of aliphatic carboxylic acids is 1. The molecule has 0 aliphatic heterocycles. The van der Waals surface area contributed by atoms with Crippen LogP contribution >= 0.6 is 0 Å². The maximum Gasteiger partial charge on any atom is 0.433 e. The Bertz CT molecular complexity index is 741. The fourth-order valence-corrected chi connectivity index (χ4v) is 2.03. The van der Waals surface area contributed by atoms with Crippen molar-refractivity contribution in [3.63, 3.8) is 0 Å². The van der Waals surface area contributed by atoms with Gasteiger partial charge in [-0.15, -0.1) is 0 Å². The van der Waals surface area contributed by atoms with E-state index in [-0.39, 0.29) is 18.7 Å². The number of alkyl halides is 3. The second-order valence-corrected chi connectivity index (χ2v) is 5.05. The van der Waals surface area contributed by atoms with Crippen LogP contribution < -0.4 is 10.6 Å². The van der Waals surface area contributed by atoms with E-state index in [1.165, 1.54) is 24.3 Å². The van der Waals surface area contributed by atoms with Gasteiger partial charge in [-0.3, -0.25) is 4.79 Å². The third-order valence-electron chi connectivity index (χ3n) is 3.16. The predicted molar refractivity (Wildman–Crippen MR) is 82.5 cm³/mol. The number of carbonyl (C=O) groups excluding carboxylic acids is 1. The molecule has 0 saturated heterocycles. The fraction of sp³-hybridized carbons (Fsp3) is 0.267. The van der Waals surface area contributed by atoms with Crippen LogP contribution in [0.25, 0.3) is 5.69 Å². The van der Waals surface area contributed by atoms with Crippen LogP contribution in [0.2, 0.25) is 0 Å². The smallest absolute Gasteiger partial charge is 0.433 e. The van der Waals surface area contributed by atoms with E-state index in [0.717, 1.165) is 16.9 Å². The van der Waals surface area contributed by atoms with Crippen molar-refractivity contribution in [2.75, 3.05) is 11.9 Å². The van der Waals surface area contributed by atoms with Crippen LogP contribution in [-0.2, 0) is 11.0 Å². The third-order valence-corrected chi connectivity index (χ3v) is 3.16. The Hall–Kier alpha value is -3.04. The number of amides is 2. The zero-order valence-electron chi connectivity index (χ0n) is 12.9. The topological polar surface area (TPSA) is 96.3 Å². The monoisotopic (exact) mass is 356 g/mol. The Morgan fingerprint density at radius 1 is 1.16 bits per heavy atom. The van der Waals surface area contributed by atoms with Gasteiger partial charge < -0.3 is 15.7 Å².